The minimum absolute atomic E-state index is 0.787. The van der Waals surface area contributed by atoms with E-state index in [1.165, 1.54) is 45.4 Å². The maximum Gasteiger partial charge on any atom is 0.00682 e. The molecule has 0 spiro atoms. The van der Waals surface area contributed by atoms with Gasteiger partial charge in [0.25, 0.3) is 0 Å². The summed E-state index contributed by atoms with van der Waals surface area (Å²) < 4.78 is 0. The third kappa shape index (κ3) is 7.24. The van der Waals surface area contributed by atoms with E-state index in [0.29, 0.717) is 0 Å². The summed E-state index contributed by atoms with van der Waals surface area (Å²) in [4.78, 5) is 2.63. The fourth-order valence-corrected chi connectivity index (χ4v) is 2.19. The molecule has 1 rings (SSSR count). The number of hydrogen-bond donors (Lipinski definition) is 1. The molecule has 0 atom stereocenters. The lowest BCUT2D eigenvalue weighted by atomic mass is 10.1. The molecule has 1 aliphatic rings. The molecule has 1 N–H and O–H groups in total. The maximum atomic E-state index is 3.59. The van der Waals surface area contributed by atoms with Crippen LogP contribution < -0.4 is 5.32 Å². The Morgan fingerprint density at radius 2 is 1.62 bits per heavy atom. The molecule has 1 fully saturated rings. The fourth-order valence-electron chi connectivity index (χ4n) is 2.19. The van der Waals surface area contributed by atoms with Crippen molar-refractivity contribution in [2.75, 3.05) is 26.2 Å². The minimum Gasteiger partial charge on any atom is -0.314 e. The van der Waals surface area contributed by atoms with Crippen LogP contribution >= 0.6 is 0 Å². The van der Waals surface area contributed by atoms with Gasteiger partial charge in [0.15, 0.2) is 0 Å². The van der Waals surface area contributed by atoms with Crippen LogP contribution in [0.1, 0.15) is 47.0 Å². The Balaban J connectivity index is 2.08. The van der Waals surface area contributed by atoms with Crippen LogP contribution in [0.3, 0.4) is 0 Å². The van der Waals surface area contributed by atoms with Crippen molar-refractivity contribution in [2.45, 2.75) is 53.0 Å². The monoisotopic (exact) mass is 226 g/mol. The first-order valence-corrected chi connectivity index (χ1v) is 7.03. The minimum atomic E-state index is 0.787. The van der Waals surface area contributed by atoms with Crippen molar-refractivity contribution < 1.29 is 0 Å². The van der Waals surface area contributed by atoms with Gasteiger partial charge >= 0.3 is 0 Å². The normalized spacial score (nSPS) is 16.7. The van der Waals surface area contributed by atoms with Gasteiger partial charge in [0.2, 0.25) is 0 Å². The Morgan fingerprint density at radius 1 is 1.06 bits per heavy atom. The average molecular weight is 226 g/mol. The number of rotatable bonds is 9. The van der Waals surface area contributed by atoms with Crippen LogP contribution in [0.4, 0.5) is 0 Å². The summed E-state index contributed by atoms with van der Waals surface area (Å²) in [6, 6.07) is 0.864. The molecule has 1 aliphatic carbocycles. The first-order chi connectivity index (χ1) is 7.58. The molecule has 0 saturated heterocycles. The highest BCUT2D eigenvalue weighted by atomic mass is 15.1. The van der Waals surface area contributed by atoms with Crippen LogP contribution in [0.2, 0.25) is 0 Å². The fraction of sp³-hybridized carbons (Fsp3) is 1.00. The van der Waals surface area contributed by atoms with Crippen LogP contribution in [-0.4, -0.2) is 37.1 Å². The molecule has 2 nitrogen and oxygen atoms in total. The lowest BCUT2D eigenvalue weighted by Gasteiger charge is -2.26. The van der Waals surface area contributed by atoms with E-state index in [4.69, 9.17) is 0 Å². The van der Waals surface area contributed by atoms with Gasteiger partial charge in [-0.3, -0.25) is 0 Å². The first-order valence-electron chi connectivity index (χ1n) is 7.03. The molecule has 0 aromatic carbocycles. The van der Waals surface area contributed by atoms with Crippen LogP contribution in [0.25, 0.3) is 0 Å². The molecule has 2 heteroatoms. The SMILES string of the molecule is CC(C)CN(CCCNC1CC1)CC(C)C. The lowest BCUT2D eigenvalue weighted by Crippen LogP contribution is -2.34. The summed E-state index contributed by atoms with van der Waals surface area (Å²) >= 11 is 0. The molecule has 0 unspecified atom stereocenters. The third-order valence-corrected chi connectivity index (χ3v) is 2.91. The van der Waals surface area contributed by atoms with E-state index in [0.717, 1.165) is 17.9 Å². The third-order valence-electron chi connectivity index (χ3n) is 2.91. The summed E-state index contributed by atoms with van der Waals surface area (Å²) in [5.41, 5.74) is 0. The topological polar surface area (TPSA) is 15.3 Å². The highest BCUT2D eigenvalue weighted by Gasteiger charge is 2.19. The molecule has 0 amide bonds. The van der Waals surface area contributed by atoms with Crippen LogP contribution in [-0.2, 0) is 0 Å². The highest BCUT2D eigenvalue weighted by molar-refractivity contribution is 4.80. The van der Waals surface area contributed by atoms with E-state index in [-0.39, 0.29) is 0 Å². The number of nitrogens with zero attached hydrogens (tertiary/aromatic N) is 1. The lowest BCUT2D eigenvalue weighted by molar-refractivity contribution is 0.216. The maximum absolute atomic E-state index is 3.59. The van der Waals surface area contributed by atoms with Gasteiger partial charge in [-0.2, -0.15) is 0 Å². The largest absolute Gasteiger partial charge is 0.314 e. The van der Waals surface area contributed by atoms with Crippen LogP contribution in [0.5, 0.6) is 0 Å². The molecule has 0 bridgehead atoms. The summed E-state index contributed by atoms with van der Waals surface area (Å²) in [6.45, 7) is 14.2. The second-order valence-corrected chi connectivity index (χ2v) is 6.13. The zero-order valence-corrected chi connectivity index (χ0v) is 11.6. The Morgan fingerprint density at radius 3 is 2.06 bits per heavy atom. The number of hydrogen-bond acceptors (Lipinski definition) is 2. The molecule has 0 heterocycles. The van der Waals surface area contributed by atoms with Crippen molar-refractivity contribution in [1.29, 1.82) is 0 Å². The van der Waals surface area contributed by atoms with Gasteiger partial charge in [0.05, 0.1) is 0 Å². The molecule has 0 radical (unpaired) electrons. The van der Waals surface area contributed by atoms with Gasteiger partial charge in [-0.05, 0) is 44.2 Å². The molecular formula is C14H30N2. The van der Waals surface area contributed by atoms with E-state index in [1.807, 2.05) is 0 Å². The Kier molecular flexibility index (Phi) is 6.37. The molecule has 0 aromatic rings. The second-order valence-electron chi connectivity index (χ2n) is 6.13. The van der Waals surface area contributed by atoms with Crippen molar-refractivity contribution in [3.8, 4) is 0 Å². The van der Waals surface area contributed by atoms with Crippen LogP contribution in [0, 0.1) is 11.8 Å². The molecule has 1 saturated carbocycles. The quantitative estimate of drug-likeness (QED) is 0.608. The molecular weight excluding hydrogens is 196 g/mol. The number of nitrogens with one attached hydrogen (secondary N) is 1. The first kappa shape index (κ1) is 14.0. The van der Waals surface area contributed by atoms with Crippen molar-refractivity contribution in [1.82, 2.24) is 10.2 Å². The summed E-state index contributed by atoms with van der Waals surface area (Å²) in [5.74, 6) is 1.57. The van der Waals surface area contributed by atoms with Crippen molar-refractivity contribution in [3.05, 3.63) is 0 Å². The van der Waals surface area contributed by atoms with Crippen LogP contribution in [0.15, 0.2) is 0 Å². The standard InChI is InChI=1S/C14H30N2/c1-12(2)10-16(11-13(3)4)9-5-8-15-14-6-7-14/h12-15H,5-11H2,1-4H3. The molecule has 16 heavy (non-hydrogen) atoms. The zero-order valence-electron chi connectivity index (χ0n) is 11.6. The van der Waals surface area contributed by atoms with E-state index in [9.17, 15) is 0 Å². The zero-order chi connectivity index (χ0) is 12.0. The van der Waals surface area contributed by atoms with E-state index in [1.54, 1.807) is 0 Å². The second kappa shape index (κ2) is 7.29. The Bertz CT molecular complexity index is 164. The Labute approximate surface area is 102 Å². The van der Waals surface area contributed by atoms with E-state index >= 15 is 0 Å². The van der Waals surface area contributed by atoms with Crippen molar-refractivity contribution in [2.24, 2.45) is 11.8 Å². The predicted octanol–water partition coefficient (Wildman–Crippen LogP) is 2.74. The van der Waals surface area contributed by atoms with Gasteiger partial charge in [0, 0.05) is 19.1 Å². The van der Waals surface area contributed by atoms with Gasteiger partial charge < -0.3 is 10.2 Å². The Hall–Kier alpha value is -0.0800. The van der Waals surface area contributed by atoms with Gasteiger partial charge in [-0.15, -0.1) is 0 Å². The molecule has 0 aliphatic heterocycles. The summed E-state index contributed by atoms with van der Waals surface area (Å²) in [6.07, 6.45) is 4.11. The van der Waals surface area contributed by atoms with Crippen molar-refractivity contribution >= 4 is 0 Å². The average Bonchev–Trinajstić information content (AvgIpc) is 2.93. The molecule has 96 valence electrons. The van der Waals surface area contributed by atoms with Gasteiger partial charge in [-0.1, -0.05) is 27.7 Å². The van der Waals surface area contributed by atoms with E-state index < -0.39 is 0 Å². The smallest absolute Gasteiger partial charge is 0.00682 e. The predicted molar refractivity (Wildman–Crippen MR) is 71.8 cm³/mol. The van der Waals surface area contributed by atoms with Gasteiger partial charge in [0.1, 0.15) is 0 Å². The van der Waals surface area contributed by atoms with Gasteiger partial charge in [-0.25, -0.2) is 0 Å². The summed E-state index contributed by atoms with van der Waals surface area (Å²) in [7, 11) is 0. The van der Waals surface area contributed by atoms with Crippen molar-refractivity contribution in [3.63, 3.8) is 0 Å². The highest BCUT2D eigenvalue weighted by Crippen LogP contribution is 2.18. The molecule has 0 aromatic heterocycles. The van der Waals surface area contributed by atoms with E-state index in [2.05, 4.69) is 37.9 Å². The summed E-state index contributed by atoms with van der Waals surface area (Å²) in [5, 5.41) is 3.59.